The molecule has 0 aromatic carbocycles. The fourth-order valence-electron chi connectivity index (χ4n) is 3.21. The molecule has 0 aromatic heterocycles. The largest absolute Gasteiger partial charge is 0.301 e. The van der Waals surface area contributed by atoms with Crippen LogP contribution in [-0.4, -0.2) is 6.10 Å². The number of fused-ring (bicyclic) bond motifs is 1. The van der Waals surface area contributed by atoms with Crippen LogP contribution in [0, 0.1) is 17.3 Å². The third-order valence-corrected chi connectivity index (χ3v) is 4.10. The maximum absolute atomic E-state index is 5.18. The fourth-order valence-corrected chi connectivity index (χ4v) is 3.21. The standard InChI is InChI=1S/C9H17NO/c1-3-9(4-2)6-5-7(11-10)8(6)9/h6-8H,3-5,10H2,1-2H3. The van der Waals surface area contributed by atoms with Gasteiger partial charge in [-0.3, -0.25) is 0 Å². The van der Waals surface area contributed by atoms with E-state index in [4.69, 9.17) is 10.7 Å². The number of nitrogens with two attached hydrogens (primary N) is 1. The van der Waals surface area contributed by atoms with Crippen LogP contribution in [0.2, 0.25) is 0 Å². The van der Waals surface area contributed by atoms with Crippen LogP contribution >= 0.6 is 0 Å². The first-order chi connectivity index (χ1) is 5.30. The lowest BCUT2D eigenvalue weighted by Crippen LogP contribution is -2.28. The summed E-state index contributed by atoms with van der Waals surface area (Å²) in [7, 11) is 0. The Balaban J connectivity index is 2.01. The molecular formula is C9H17NO. The lowest BCUT2D eigenvalue weighted by molar-refractivity contribution is -0.0107. The van der Waals surface area contributed by atoms with Gasteiger partial charge in [0.25, 0.3) is 0 Å². The first-order valence-electron chi connectivity index (χ1n) is 4.65. The summed E-state index contributed by atoms with van der Waals surface area (Å²) in [6, 6.07) is 0. The molecule has 2 aliphatic rings. The van der Waals surface area contributed by atoms with Crippen molar-refractivity contribution in [3.05, 3.63) is 0 Å². The van der Waals surface area contributed by atoms with E-state index in [-0.39, 0.29) is 0 Å². The Kier molecular flexibility index (Phi) is 1.52. The van der Waals surface area contributed by atoms with Crippen LogP contribution in [0.1, 0.15) is 33.1 Å². The normalized spacial score (nSPS) is 44.5. The molecule has 2 rings (SSSR count). The average Bonchev–Trinajstić information content (AvgIpc) is 2.52. The minimum absolute atomic E-state index is 0.389. The highest BCUT2D eigenvalue weighted by molar-refractivity contribution is 5.20. The van der Waals surface area contributed by atoms with E-state index < -0.39 is 0 Å². The van der Waals surface area contributed by atoms with Crippen LogP contribution in [0.3, 0.4) is 0 Å². The van der Waals surface area contributed by atoms with Gasteiger partial charge in [-0.25, -0.2) is 5.90 Å². The van der Waals surface area contributed by atoms with Crippen molar-refractivity contribution < 1.29 is 4.84 Å². The summed E-state index contributed by atoms with van der Waals surface area (Å²) in [5, 5.41) is 0. The molecule has 3 unspecified atom stereocenters. The van der Waals surface area contributed by atoms with Gasteiger partial charge in [0.2, 0.25) is 0 Å². The molecule has 11 heavy (non-hydrogen) atoms. The summed E-state index contributed by atoms with van der Waals surface area (Å²) < 4.78 is 0. The predicted molar refractivity (Wildman–Crippen MR) is 43.7 cm³/mol. The summed E-state index contributed by atoms with van der Waals surface area (Å²) in [6.07, 6.45) is 4.21. The van der Waals surface area contributed by atoms with Crippen LogP contribution in [0.5, 0.6) is 0 Å². The molecule has 0 saturated heterocycles. The predicted octanol–water partition coefficient (Wildman–Crippen LogP) is 1.70. The molecule has 64 valence electrons. The van der Waals surface area contributed by atoms with Crippen LogP contribution < -0.4 is 5.90 Å². The molecule has 3 atom stereocenters. The van der Waals surface area contributed by atoms with E-state index in [0.717, 1.165) is 11.8 Å². The van der Waals surface area contributed by atoms with E-state index in [2.05, 4.69) is 13.8 Å². The second kappa shape index (κ2) is 2.20. The Morgan fingerprint density at radius 2 is 2.09 bits per heavy atom. The first-order valence-corrected chi connectivity index (χ1v) is 4.65. The second-order valence-corrected chi connectivity index (χ2v) is 3.98. The molecule has 2 N–H and O–H groups in total. The van der Waals surface area contributed by atoms with E-state index in [9.17, 15) is 0 Å². The van der Waals surface area contributed by atoms with E-state index in [1.54, 1.807) is 0 Å². The Morgan fingerprint density at radius 3 is 2.36 bits per heavy atom. The quantitative estimate of drug-likeness (QED) is 0.629. The van der Waals surface area contributed by atoms with Gasteiger partial charge in [0.1, 0.15) is 0 Å². The highest BCUT2D eigenvalue weighted by Gasteiger charge is 2.72. The zero-order valence-corrected chi connectivity index (χ0v) is 7.34. The Hall–Kier alpha value is -0.0800. The van der Waals surface area contributed by atoms with Gasteiger partial charge in [0.15, 0.2) is 0 Å². The first kappa shape index (κ1) is 7.56. The zero-order valence-electron chi connectivity index (χ0n) is 7.34. The second-order valence-electron chi connectivity index (χ2n) is 3.98. The number of hydrogen-bond acceptors (Lipinski definition) is 2. The van der Waals surface area contributed by atoms with Gasteiger partial charge in [-0.15, -0.1) is 0 Å². The van der Waals surface area contributed by atoms with Gasteiger partial charge in [-0.05, 0) is 36.5 Å². The molecule has 2 fully saturated rings. The van der Waals surface area contributed by atoms with Crippen molar-refractivity contribution in [2.24, 2.45) is 23.1 Å². The molecule has 0 amide bonds. The third kappa shape index (κ3) is 0.695. The molecule has 0 radical (unpaired) electrons. The van der Waals surface area contributed by atoms with Crippen molar-refractivity contribution in [2.45, 2.75) is 39.2 Å². The van der Waals surface area contributed by atoms with E-state index in [0.29, 0.717) is 11.5 Å². The molecule has 2 nitrogen and oxygen atoms in total. The van der Waals surface area contributed by atoms with E-state index in [1.807, 2.05) is 0 Å². The van der Waals surface area contributed by atoms with Gasteiger partial charge < -0.3 is 4.84 Å². The smallest absolute Gasteiger partial charge is 0.0826 e. The zero-order chi connectivity index (χ0) is 8.06. The summed E-state index contributed by atoms with van der Waals surface area (Å²) in [6.45, 7) is 4.57. The topological polar surface area (TPSA) is 35.2 Å². The SMILES string of the molecule is CCC1(CC)C2CC(ON)C21. The average molecular weight is 155 g/mol. The lowest BCUT2D eigenvalue weighted by Gasteiger charge is -2.21. The molecule has 0 spiro atoms. The van der Waals surface area contributed by atoms with Crippen molar-refractivity contribution in [2.75, 3.05) is 0 Å². The fraction of sp³-hybridized carbons (Fsp3) is 1.00. The number of hydrogen-bond donors (Lipinski definition) is 1. The minimum atomic E-state index is 0.389. The molecule has 0 heterocycles. The van der Waals surface area contributed by atoms with E-state index in [1.165, 1.54) is 19.3 Å². The van der Waals surface area contributed by atoms with Crippen LogP contribution in [0.25, 0.3) is 0 Å². The Labute approximate surface area is 68.1 Å². The monoisotopic (exact) mass is 155 g/mol. The van der Waals surface area contributed by atoms with Crippen LogP contribution in [-0.2, 0) is 4.84 Å². The summed E-state index contributed by atoms with van der Waals surface area (Å²) >= 11 is 0. The maximum atomic E-state index is 5.18. The Morgan fingerprint density at radius 1 is 1.45 bits per heavy atom. The molecule has 0 aromatic rings. The molecule has 2 aliphatic carbocycles. The van der Waals surface area contributed by atoms with Crippen molar-refractivity contribution in [3.63, 3.8) is 0 Å². The molecule has 0 aliphatic heterocycles. The molecule has 2 heteroatoms. The summed E-state index contributed by atoms with van der Waals surface area (Å²) in [5.41, 5.74) is 0.629. The lowest BCUT2D eigenvalue weighted by atomic mass is 9.96. The van der Waals surface area contributed by atoms with Crippen LogP contribution in [0.4, 0.5) is 0 Å². The van der Waals surface area contributed by atoms with Gasteiger partial charge in [-0.1, -0.05) is 13.8 Å². The van der Waals surface area contributed by atoms with Gasteiger partial charge in [0, 0.05) is 0 Å². The van der Waals surface area contributed by atoms with E-state index >= 15 is 0 Å². The molecule has 2 saturated carbocycles. The highest BCUT2D eigenvalue weighted by Crippen LogP contribution is 2.74. The van der Waals surface area contributed by atoms with Gasteiger partial charge >= 0.3 is 0 Å². The van der Waals surface area contributed by atoms with Crippen molar-refractivity contribution >= 4 is 0 Å². The van der Waals surface area contributed by atoms with Crippen molar-refractivity contribution in [3.8, 4) is 0 Å². The van der Waals surface area contributed by atoms with Gasteiger partial charge in [0.05, 0.1) is 6.10 Å². The third-order valence-electron chi connectivity index (χ3n) is 4.10. The minimum Gasteiger partial charge on any atom is -0.301 e. The van der Waals surface area contributed by atoms with Crippen molar-refractivity contribution in [1.82, 2.24) is 0 Å². The maximum Gasteiger partial charge on any atom is 0.0826 e. The summed E-state index contributed by atoms with van der Waals surface area (Å²) in [5.74, 6) is 6.94. The highest BCUT2D eigenvalue weighted by atomic mass is 16.6. The van der Waals surface area contributed by atoms with Crippen LogP contribution in [0.15, 0.2) is 0 Å². The van der Waals surface area contributed by atoms with Gasteiger partial charge in [-0.2, -0.15) is 0 Å². The van der Waals surface area contributed by atoms with Crippen molar-refractivity contribution in [1.29, 1.82) is 0 Å². The summed E-state index contributed by atoms with van der Waals surface area (Å²) in [4.78, 5) is 4.90. The molecular weight excluding hydrogens is 138 g/mol. The Bertz CT molecular complexity index is 165. The number of rotatable bonds is 3. The molecule has 0 bridgehead atoms.